The molecule has 0 aromatic heterocycles. The molecule has 1 aromatic carbocycles. The van der Waals surface area contributed by atoms with Crippen LogP contribution in [0.5, 0.6) is 0 Å². The molecule has 0 saturated heterocycles. The van der Waals surface area contributed by atoms with Gasteiger partial charge in [0.1, 0.15) is 6.29 Å². The van der Waals surface area contributed by atoms with Crippen LogP contribution in [0.25, 0.3) is 0 Å². The fraction of sp³-hybridized carbons (Fsp3) is 0. The number of carbonyl (C=O) groups excluding carboxylic acids is 1. The highest BCUT2D eigenvalue weighted by atomic mass is 32.2. The Morgan fingerprint density at radius 1 is 1.33 bits per heavy atom. The molecule has 5 heteroatoms. The minimum atomic E-state index is -2.66. The van der Waals surface area contributed by atoms with Gasteiger partial charge in [0.15, 0.2) is 0 Å². The summed E-state index contributed by atoms with van der Waals surface area (Å²) in [5, 5.41) is 0. The molecule has 0 saturated carbocycles. The number of aldehydes is 1. The third-order valence-corrected chi connectivity index (χ3v) is 1.68. The van der Waals surface area contributed by atoms with E-state index < -0.39 is 10.9 Å². The van der Waals surface area contributed by atoms with Gasteiger partial charge in [-0.05, 0) is 12.1 Å². The molecule has 0 bridgehead atoms. The van der Waals surface area contributed by atoms with E-state index in [1.165, 1.54) is 6.07 Å². The predicted octanol–water partition coefficient (Wildman–Crippen LogP) is 0.437. The van der Waals surface area contributed by atoms with Gasteiger partial charge in [0.2, 0.25) is 10.9 Å². The topological polar surface area (TPSA) is 63.2 Å². The van der Waals surface area contributed by atoms with E-state index in [-0.39, 0.29) is 0 Å². The van der Waals surface area contributed by atoms with Crippen molar-refractivity contribution in [2.24, 2.45) is 0 Å². The molecule has 0 aliphatic rings. The average molecular weight is 185 g/mol. The van der Waals surface area contributed by atoms with Gasteiger partial charge in [-0.25, -0.2) is 8.42 Å². The van der Waals surface area contributed by atoms with Gasteiger partial charge in [0.05, 0.1) is 0 Å². The van der Waals surface area contributed by atoms with Gasteiger partial charge >= 0.3 is 0 Å². The third-order valence-electron chi connectivity index (χ3n) is 1.24. The smallest absolute Gasteiger partial charge is 0.222 e. The van der Waals surface area contributed by atoms with Crippen LogP contribution in [-0.2, 0) is 10.9 Å². The van der Waals surface area contributed by atoms with E-state index in [2.05, 4.69) is 4.72 Å². The number of benzene rings is 1. The summed E-state index contributed by atoms with van der Waals surface area (Å²) in [5.74, 6) is 0. The molecule has 0 fully saturated rings. The van der Waals surface area contributed by atoms with E-state index in [1.54, 1.807) is 18.2 Å². The van der Waals surface area contributed by atoms with E-state index in [0.717, 1.165) is 0 Å². The summed E-state index contributed by atoms with van der Waals surface area (Å²) < 4.78 is 22.6. The van der Waals surface area contributed by atoms with Gasteiger partial charge < -0.3 is 0 Å². The number of nitrogens with one attached hydrogen (secondary N) is 1. The second kappa shape index (κ2) is 3.87. The lowest BCUT2D eigenvalue weighted by molar-refractivity contribution is 0.112. The summed E-state index contributed by atoms with van der Waals surface area (Å²) in [6, 6.07) is 6.22. The second-order valence-electron chi connectivity index (χ2n) is 2.11. The Balaban J connectivity index is 2.93. The lowest BCUT2D eigenvalue weighted by Crippen LogP contribution is -1.95. The quantitative estimate of drug-likeness (QED) is 0.530. The normalized spacial score (nSPS) is 9.75. The lowest BCUT2D eigenvalue weighted by Gasteiger charge is -1.97. The van der Waals surface area contributed by atoms with Crippen LogP contribution < -0.4 is 4.72 Å². The van der Waals surface area contributed by atoms with Crippen LogP contribution in [0.15, 0.2) is 24.3 Å². The Bertz CT molecular complexity index is 351. The van der Waals surface area contributed by atoms with Crippen molar-refractivity contribution in [1.82, 2.24) is 0 Å². The van der Waals surface area contributed by atoms with Gasteiger partial charge in [-0.15, -0.1) is 0 Å². The first-order valence-corrected chi connectivity index (χ1v) is 4.36. The molecular formula is C7H7NO3S. The molecule has 64 valence electrons. The van der Waals surface area contributed by atoms with Crippen LogP contribution in [0, 0.1) is 0 Å². The minimum absolute atomic E-state index is 0.399. The molecule has 0 heterocycles. The van der Waals surface area contributed by atoms with Crippen molar-refractivity contribution in [2.45, 2.75) is 0 Å². The SMILES string of the molecule is O=Cc1cccc(N[SH](=O)=O)c1. The summed E-state index contributed by atoms with van der Waals surface area (Å²) in [6.45, 7) is 0. The van der Waals surface area contributed by atoms with E-state index in [4.69, 9.17) is 0 Å². The molecule has 4 nitrogen and oxygen atoms in total. The zero-order valence-corrected chi connectivity index (χ0v) is 6.95. The third kappa shape index (κ3) is 2.35. The van der Waals surface area contributed by atoms with Crippen molar-refractivity contribution in [3.05, 3.63) is 29.8 Å². The number of rotatable bonds is 3. The summed E-state index contributed by atoms with van der Waals surface area (Å²) in [5.41, 5.74) is 0.840. The maximum absolute atomic E-state index is 10.3. The molecule has 1 aromatic rings. The first-order chi connectivity index (χ1) is 5.72. The van der Waals surface area contributed by atoms with Gasteiger partial charge in [-0.3, -0.25) is 9.52 Å². The zero-order valence-electron chi connectivity index (χ0n) is 6.06. The van der Waals surface area contributed by atoms with E-state index in [9.17, 15) is 13.2 Å². The summed E-state index contributed by atoms with van der Waals surface area (Å²) in [6.07, 6.45) is 0.656. The monoisotopic (exact) mass is 185 g/mol. The molecule has 0 radical (unpaired) electrons. The van der Waals surface area contributed by atoms with Crippen molar-refractivity contribution >= 4 is 22.9 Å². The fourth-order valence-corrected chi connectivity index (χ4v) is 1.14. The maximum Gasteiger partial charge on any atom is 0.222 e. The van der Waals surface area contributed by atoms with Crippen molar-refractivity contribution in [2.75, 3.05) is 4.72 Å². The van der Waals surface area contributed by atoms with Crippen molar-refractivity contribution in [3.8, 4) is 0 Å². The van der Waals surface area contributed by atoms with Crippen molar-refractivity contribution in [1.29, 1.82) is 0 Å². The first-order valence-electron chi connectivity index (χ1n) is 3.18. The van der Waals surface area contributed by atoms with Crippen molar-refractivity contribution in [3.63, 3.8) is 0 Å². The van der Waals surface area contributed by atoms with Crippen LogP contribution in [0.1, 0.15) is 10.4 Å². The standard InChI is InChI=1S/C7H7NO3S/c9-5-6-2-1-3-7(4-6)8-12(10)11/h1-5,12H,(H,8,10,11). The molecule has 0 spiro atoms. The van der Waals surface area contributed by atoms with Gasteiger partial charge in [0.25, 0.3) is 0 Å². The molecule has 0 unspecified atom stereocenters. The lowest BCUT2D eigenvalue weighted by atomic mass is 10.2. The molecular weight excluding hydrogens is 178 g/mol. The molecule has 0 atom stereocenters. The molecule has 1 N–H and O–H groups in total. The van der Waals surface area contributed by atoms with Gasteiger partial charge in [-0.2, -0.15) is 0 Å². The van der Waals surface area contributed by atoms with E-state index >= 15 is 0 Å². The van der Waals surface area contributed by atoms with Gasteiger partial charge in [-0.1, -0.05) is 12.1 Å². The Morgan fingerprint density at radius 3 is 2.67 bits per heavy atom. The molecule has 0 aliphatic heterocycles. The number of thiol groups is 1. The molecule has 1 rings (SSSR count). The average Bonchev–Trinajstić information content (AvgIpc) is 2.03. The number of anilines is 1. The van der Waals surface area contributed by atoms with Crippen LogP contribution in [-0.4, -0.2) is 14.7 Å². The van der Waals surface area contributed by atoms with E-state index in [1.807, 2.05) is 0 Å². The van der Waals surface area contributed by atoms with Gasteiger partial charge in [0, 0.05) is 11.3 Å². The Labute approximate surface area is 71.3 Å². The van der Waals surface area contributed by atoms with Crippen LogP contribution >= 0.6 is 0 Å². The summed E-state index contributed by atoms with van der Waals surface area (Å²) in [7, 11) is -2.66. The largest absolute Gasteiger partial charge is 0.298 e. The minimum Gasteiger partial charge on any atom is -0.298 e. The summed E-state index contributed by atoms with van der Waals surface area (Å²) >= 11 is 0. The fourth-order valence-electron chi connectivity index (χ4n) is 0.787. The second-order valence-corrected chi connectivity index (χ2v) is 2.85. The maximum atomic E-state index is 10.3. The summed E-state index contributed by atoms with van der Waals surface area (Å²) in [4.78, 5) is 10.3. The molecule has 0 amide bonds. The Morgan fingerprint density at radius 2 is 2.08 bits per heavy atom. The van der Waals surface area contributed by atoms with Crippen LogP contribution in [0.3, 0.4) is 0 Å². The number of carbonyl (C=O) groups is 1. The Kier molecular flexibility index (Phi) is 2.82. The highest BCUT2D eigenvalue weighted by Gasteiger charge is 1.93. The highest BCUT2D eigenvalue weighted by molar-refractivity contribution is 7.73. The highest BCUT2D eigenvalue weighted by Crippen LogP contribution is 2.08. The predicted molar refractivity (Wildman–Crippen MR) is 45.8 cm³/mol. The molecule has 12 heavy (non-hydrogen) atoms. The Hall–Kier alpha value is -1.36. The number of hydrogen-bond donors (Lipinski definition) is 2. The zero-order chi connectivity index (χ0) is 8.97. The van der Waals surface area contributed by atoms with Crippen molar-refractivity contribution < 1.29 is 13.2 Å². The van der Waals surface area contributed by atoms with E-state index in [0.29, 0.717) is 17.5 Å². The first kappa shape index (κ1) is 8.73. The van der Waals surface area contributed by atoms with Crippen LogP contribution in [0.4, 0.5) is 5.69 Å². The molecule has 0 aliphatic carbocycles. The van der Waals surface area contributed by atoms with Crippen LogP contribution in [0.2, 0.25) is 0 Å². The number of hydrogen-bond acceptors (Lipinski definition) is 3.